The molecule has 1 N–H and O–H groups in total. The normalized spacial score (nSPS) is 15.5. The summed E-state index contributed by atoms with van der Waals surface area (Å²) in [7, 11) is -1.34. The van der Waals surface area contributed by atoms with Gasteiger partial charge in [0, 0.05) is 37.5 Å². The van der Waals surface area contributed by atoms with Gasteiger partial charge in [0.2, 0.25) is 11.7 Å². The quantitative estimate of drug-likeness (QED) is 0.519. The first-order chi connectivity index (χ1) is 16.6. The Morgan fingerprint density at radius 3 is 2.60 bits per heavy atom. The van der Waals surface area contributed by atoms with Gasteiger partial charge < -0.3 is 9.47 Å². The van der Waals surface area contributed by atoms with Crippen LogP contribution in [0.15, 0.2) is 48.7 Å². The third kappa shape index (κ3) is 4.86. The predicted octanol–water partition coefficient (Wildman–Crippen LogP) is 3.84. The molecule has 1 aliphatic heterocycles. The van der Waals surface area contributed by atoms with E-state index >= 15 is 8.78 Å². The molecule has 0 bridgehead atoms. The number of nitrogens with zero attached hydrogens (tertiary/aromatic N) is 4. The lowest BCUT2D eigenvalue weighted by Gasteiger charge is -2.34. The minimum Gasteiger partial charge on any atom is -0.434 e. The number of halogens is 2. The highest BCUT2D eigenvalue weighted by Crippen LogP contribution is 2.41. The number of aromatic nitrogens is 2. The number of benzene rings is 2. The van der Waals surface area contributed by atoms with Crippen LogP contribution in [0.25, 0.3) is 0 Å². The number of fused-ring (bicyclic) bond motifs is 1. The maximum atomic E-state index is 15.1. The monoisotopic (exact) mass is 505 g/mol. The number of hydrogen-bond donors (Lipinski definition) is 1. The number of hydrogen-bond acceptors (Lipinski definition) is 7. The van der Waals surface area contributed by atoms with E-state index in [2.05, 4.69) is 14.9 Å². The molecule has 2 aromatic carbocycles. The van der Waals surface area contributed by atoms with E-state index in [1.807, 2.05) is 0 Å². The molecule has 0 saturated heterocycles. The van der Waals surface area contributed by atoms with Gasteiger partial charge >= 0.3 is 16.3 Å². The van der Waals surface area contributed by atoms with E-state index in [1.54, 1.807) is 13.0 Å². The molecule has 10 nitrogen and oxygen atoms in total. The van der Waals surface area contributed by atoms with Crippen molar-refractivity contribution in [1.29, 1.82) is 0 Å². The summed E-state index contributed by atoms with van der Waals surface area (Å²) in [5.41, 5.74) is 0.115. The fraction of sp³-hybridized carbons (Fsp3) is 0.227. The number of nitrogens with one attached hydrogen (secondary N) is 1. The summed E-state index contributed by atoms with van der Waals surface area (Å²) in [4.78, 5) is 13.9. The average molecular weight is 506 g/mol. The van der Waals surface area contributed by atoms with Gasteiger partial charge in [-0.2, -0.15) is 22.2 Å². The van der Waals surface area contributed by atoms with Crippen molar-refractivity contribution in [2.75, 3.05) is 18.8 Å². The first-order valence-electron chi connectivity index (χ1n) is 10.3. The zero-order valence-electron chi connectivity index (χ0n) is 18.9. The van der Waals surface area contributed by atoms with Crippen LogP contribution in [0.1, 0.15) is 24.1 Å². The molecule has 1 aromatic heterocycles. The molecule has 0 saturated carbocycles. The van der Waals surface area contributed by atoms with E-state index in [0.717, 1.165) is 4.31 Å². The van der Waals surface area contributed by atoms with Crippen molar-refractivity contribution in [1.82, 2.24) is 19.4 Å². The minimum atomic E-state index is -3.94. The highest BCUT2D eigenvalue weighted by molar-refractivity contribution is 7.90. The molecule has 4 rings (SSSR count). The lowest BCUT2D eigenvalue weighted by molar-refractivity contribution is 0.114. The maximum Gasteiger partial charge on any atom is 0.416 e. The molecule has 2 heterocycles. The van der Waals surface area contributed by atoms with Gasteiger partial charge in [0.15, 0.2) is 17.3 Å². The molecule has 1 amide bonds. The van der Waals surface area contributed by atoms with Crippen LogP contribution in [-0.4, -0.2) is 48.0 Å². The van der Waals surface area contributed by atoms with E-state index in [1.165, 1.54) is 61.6 Å². The van der Waals surface area contributed by atoms with Crippen molar-refractivity contribution in [2.24, 2.45) is 0 Å². The van der Waals surface area contributed by atoms with E-state index in [9.17, 15) is 13.2 Å². The third-order valence-electron chi connectivity index (χ3n) is 5.34. The zero-order valence-corrected chi connectivity index (χ0v) is 19.7. The summed E-state index contributed by atoms with van der Waals surface area (Å²) in [5.74, 6) is -2.18. The summed E-state index contributed by atoms with van der Waals surface area (Å²) in [6.45, 7) is 1.39. The molecule has 0 radical (unpaired) electrons. The van der Waals surface area contributed by atoms with Crippen LogP contribution in [0.2, 0.25) is 0 Å². The van der Waals surface area contributed by atoms with Gasteiger partial charge in [-0.3, -0.25) is 9.62 Å². The molecular weight excluding hydrogens is 484 g/mol. The van der Waals surface area contributed by atoms with Crippen molar-refractivity contribution in [3.8, 4) is 17.4 Å². The van der Waals surface area contributed by atoms with Gasteiger partial charge in [0.25, 0.3) is 0 Å². The SMILES string of the molecule is C[C@H]1c2ccc(Oc3cccnn3)c(F)c2OC(=O)N1Cc1cccc(NS(=O)(=O)N(C)C)c1F. The molecule has 13 heteroatoms. The first kappa shape index (κ1) is 24.3. The van der Waals surface area contributed by atoms with Crippen molar-refractivity contribution >= 4 is 22.0 Å². The number of carbonyl (C=O) groups is 1. The fourth-order valence-corrected chi connectivity index (χ4v) is 4.01. The predicted molar refractivity (Wildman–Crippen MR) is 121 cm³/mol. The molecule has 3 aromatic rings. The standard InChI is InChI=1S/C22H21F2N5O5S/c1-13-15-9-10-17(33-18-8-5-11-25-26-18)20(24)21(15)34-22(30)29(13)12-14-6-4-7-16(19(14)23)27-35(31,32)28(2)3/h4-11,13,27H,12H2,1-3H3/t13-/m0/s1. The van der Waals surface area contributed by atoms with E-state index < -0.39 is 34.0 Å². The van der Waals surface area contributed by atoms with Crippen molar-refractivity contribution in [2.45, 2.75) is 19.5 Å². The first-order valence-corrected chi connectivity index (χ1v) is 11.8. The van der Waals surface area contributed by atoms with Crippen molar-refractivity contribution < 1.29 is 31.5 Å². The molecule has 1 aliphatic rings. The molecule has 1 atom stereocenters. The lowest BCUT2D eigenvalue weighted by Crippen LogP contribution is -2.39. The number of rotatable bonds is 7. The molecule has 35 heavy (non-hydrogen) atoms. The summed E-state index contributed by atoms with van der Waals surface area (Å²) in [6, 6.07) is 9.41. The summed E-state index contributed by atoms with van der Waals surface area (Å²) in [5, 5.41) is 7.38. The number of amides is 1. The Hall–Kier alpha value is -3.84. The molecular formula is C22H21F2N5O5S. The van der Waals surface area contributed by atoms with Crippen LogP contribution in [-0.2, 0) is 16.8 Å². The van der Waals surface area contributed by atoms with Gasteiger partial charge in [0.1, 0.15) is 0 Å². The van der Waals surface area contributed by atoms with Crippen LogP contribution < -0.4 is 14.2 Å². The topological polar surface area (TPSA) is 114 Å². The van der Waals surface area contributed by atoms with Crippen LogP contribution in [0.4, 0.5) is 19.3 Å². The van der Waals surface area contributed by atoms with E-state index in [4.69, 9.17) is 9.47 Å². The molecule has 0 aliphatic carbocycles. The largest absolute Gasteiger partial charge is 0.434 e. The molecule has 184 valence electrons. The highest BCUT2D eigenvalue weighted by atomic mass is 32.2. The fourth-order valence-electron chi connectivity index (χ4n) is 3.39. The van der Waals surface area contributed by atoms with Gasteiger partial charge in [0.05, 0.1) is 18.3 Å². The Morgan fingerprint density at radius 2 is 1.91 bits per heavy atom. The van der Waals surface area contributed by atoms with Gasteiger partial charge in [-0.15, -0.1) is 5.10 Å². The summed E-state index contributed by atoms with van der Waals surface area (Å²) >= 11 is 0. The number of anilines is 1. The van der Waals surface area contributed by atoms with E-state index in [-0.39, 0.29) is 35.2 Å². The average Bonchev–Trinajstić information content (AvgIpc) is 2.81. The Morgan fingerprint density at radius 1 is 1.14 bits per heavy atom. The molecule has 0 spiro atoms. The van der Waals surface area contributed by atoms with Crippen LogP contribution in [0.3, 0.4) is 0 Å². The summed E-state index contributed by atoms with van der Waals surface area (Å²) < 4.78 is 68.0. The maximum absolute atomic E-state index is 15.1. The lowest BCUT2D eigenvalue weighted by atomic mass is 10.0. The van der Waals surface area contributed by atoms with Gasteiger partial charge in [-0.1, -0.05) is 12.1 Å². The smallest absolute Gasteiger partial charge is 0.416 e. The zero-order chi connectivity index (χ0) is 25.3. The number of carbonyl (C=O) groups excluding carboxylic acids is 1. The molecule has 0 unspecified atom stereocenters. The van der Waals surface area contributed by atoms with Crippen LogP contribution in [0.5, 0.6) is 17.4 Å². The van der Waals surface area contributed by atoms with Gasteiger partial charge in [-0.25, -0.2) is 9.18 Å². The number of ether oxygens (including phenoxy) is 2. The molecule has 0 fully saturated rings. The Kier molecular flexibility index (Phi) is 6.54. The third-order valence-corrected chi connectivity index (χ3v) is 6.77. The highest BCUT2D eigenvalue weighted by Gasteiger charge is 2.35. The van der Waals surface area contributed by atoms with Crippen LogP contribution in [0, 0.1) is 11.6 Å². The Labute approximate surface area is 200 Å². The minimum absolute atomic E-state index is 0.0410. The second kappa shape index (κ2) is 9.43. The Bertz CT molecular complexity index is 1370. The van der Waals surface area contributed by atoms with Crippen molar-refractivity contribution in [3.05, 3.63) is 71.4 Å². The van der Waals surface area contributed by atoms with Gasteiger partial charge in [-0.05, 0) is 31.2 Å². The van der Waals surface area contributed by atoms with E-state index in [0.29, 0.717) is 5.56 Å². The van der Waals surface area contributed by atoms with Crippen molar-refractivity contribution in [3.63, 3.8) is 0 Å². The second-order valence-corrected chi connectivity index (χ2v) is 9.68. The van der Waals surface area contributed by atoms with Crippen LogP contribution >= 0.6 is 0 Å². The summed E-state index contributed by atoms with van der Waals surface area (Å²) in [6.07, 6.45) is 0.531. The second-order valence-electron chi connectivity index (χ2n) is 7.80. The Balaban J connectivity index is 1.59.